The molecule has 2 aromatic carbocycles. The minimum atomic E-state index is -3.88. The number of sulfonamides is 1. The Labute approximate surface area is 310 Å². The second-order valence-electron chi connectivity index (χ2n) is 15.7. The van der Waals surface area contributed by atoms with E-state index in [2.05, 4.69) is 20.5 Å². The number of nitrogens with one attached hydrogen (secondary N) is 3. The summed E-state index contributed by atoms with van der Waals surface area (Å²) in [7, 11) is -3.88. The van der Waals surface area contributed by atoms with Gasteiger partial charge in [0.1, 0.15) is 35.0 Å². The molecule has 14 heteroatoms. The van der Waals surface area contributed by atoms with Crippen molar-refractivity contribution in [2.75, 3.05) is 6.54 Å². The molecule has 13 nitrogen and oxygen atoms in total. The van der Waals surface area contributed by atoms with E-state index >= 15 is 0 Å². The van der Waals surface area contributed by atoms with Crippen LogP contribution in [0.25, 0.3) is 11.1 Å². The summed E-state index contributed by atoms with van der Waals surface area (Å²) < 4.78 is 33.3. The van der Waals surface area contributed by atoms with Crippen molar-refractivity contribution in [1.82, 2.24) is 20.3 Å². The number of rotatable bonds is 6. The van der Waals surface area contributed by atoms with Gasteiger partial charge in [-0.15, -0.1) is 0 Å². The van der Waals surface area contributed by atoms with Gasteiger partial charge in [0.25, 0.3) is 5.91 Å². The predicted molar refractivity (Wildman–Crippen MR) is 197 cm³/mol. The predicted octanol–water partition coefficient (Wildman–Crippen LogP) is 4.30. The fraction of sp³-hybridized carbons (Fsp3) is 0.513. The van der Waals surface area contributed by atoms with Gasteiger partial charge in [0.15, 0.2) is 0 Å². The SMILES string of the molecule is CC(C)(C)OC(=O)N[C@H]1CCCCC/C=C\[C@@H]2C[C@@]2(C(=O)NS(=O)(=O)C2CC2)NC(=O)[C@@H]2C[C@@H](ON=C3c4ccccc4-c4ccccc43)CN2C1=O. The fourth-order valence-electron chi connectivity index (χ4n) is 7.51. The molecule has 5 atom stereocenters. The van der Waals surface area contributed by atoms with Crippen LogP contribution in [0.3, 0.4) is 0 Å². The van der Waals surface area contributed by atoms with Gasteiger partial charge in [-0.2, -0.15) is 0 Å². The quantitative estimate of drug-likeness (QED) is 0.248. The molecule has 53 heavy (non-hydrogen) atoms. The third-order valence-corrected chi connectivity index (χ3v) is 12.3. The summed E-state index contributed by atoms with van der Waals surface area (Å²) in [5.74, 6) is -2.30. The summed E-state index contributed by atoms with van der Waals surface area (Å²) >= 11 is 0. The average Bonchev–Trinajstić information content (AvgIpc) is 4.01. The van der Waals surface area contributed by atoms with Crippen LogP contribution in [0, 0.1) is 5.92 Å². The number of benzene rings is 2. The van der Waals surface area contributed by atoms with Gasteiger partial charge in [0, 0.05) is 23.5 Å². The molecule has 2 heterocycles. The highest BCUT2D eigenvalue weighted by molar-refractivity contribution is 7.91. The molecule has 3 fully saturated rings. The zero-order valence-electron chi connectivity index (χ0n) is 30.3. The van der Waals surface area contributed by atoms with Gasteiger partial charge in [0.05, 0.1) is 11.8 Å². The normalized spacial score (nSPS) is 27.8. The fourth-order valence-corrected chi connectivity index (χ4v) is 8.87. The standard InChI is InChI=1S/C39H47N5O8S/c1-38(2,3)51-37(48)40-31-18-8-6-4-5-7-13-24-22-39(24,36(47)43-53(49,50)26-19-20-26)41-34(45)32-21-25(23-44(32)35(31)46)52-42-33-29-16-11-9-14-27(29)28-15-10-12-17-30(28)33/h7,9-17,24-26,31-32H,4-6,8,18-23H2,1-3H3,(H,40,48)(H,41,45)(H,43,47)/b13-7-/t24-,25-,31+,32+,39-/m1/s1. The lowest BCUT2D eigenvalue weighted by atomic mass is 10.0. The van der Waals surface area contributed by atoms with E-state index in [4.69, 9.17) is 9.57 Å². The van der Waals surface area contributed by atoms with E-state index in [9.17, 15) is 27.6 Å². The number of alkyl carbamates (subject to hydrolysis) is 1. The van der Waals surface area contributed by atoms with Crippen LogP contribution in [0.1, 0.15) is 89.7 Å². The number of oxime groups is 1. The van der Waals surface area contributed by atoms with Crippen LogP contribution in [0.2, 0.25) is 0 Å². The van der Waals surface area contributed by atoms with Gasteiger partial charge in [-0.3, -0.25) is 19.1 Å². The Bertz CT molecular complexity index is 1920. The summed E-state index contributed by atoms with van der Waals surface area (Å²) in [5, 5.41) is 9.60. The Morgan fingerprint density at radius 1 is 0.943 bits per heavy atom. The van der Waals surface area contributed by atoms with E-state index in [1.165, 1.54) is 4.90 Å². The highest BCUT2D eigenvalue weighted by atomic mass is 32.2. The molecule has 282 valence electrons. The maximum Gasteiger partial charge on any atom is 0.408 e. The first-order valence-electron chi connectivity index (χ1n) is 18.5. The molecule has 5 aliphatic rings. The maximum atomic E-state index is 14.4. The molecule has 4 amide bonds. The Balaban J connectivity index is 1.18. The lowest BCUT2D eigenvalue weighted by Crippen LogP contribution is -2.58. The second kappa shape index (κ2) is 14.3. The smallest absolute Gasteiger partial charge is 0.408 e. The molecule has 0 radical (unpaired) electrons. The third-order valence-electron chi connectivity index (χ3n) is 10.5. The van der Waals surface area contributed by atoms with Crippen molar-refractivity contribution >= 4 is 39.5 Å². The van der Waals surface area contributed by atoms with E-state index in [1.54, 1.807) is 20.8 Å². The topological polar surface area (TPSA) is 173 Å². The number of fused-ring (bicyclic) bond motifs is 5. The van der Waals surface area contributed by atoms with Crippen molar-refractivity contribution in [2.24, 2.45) is 11.1 Å². The molecule has 2 aromatic rings. The van der Waals surface area contributed by atoms with Crippen LogP contribution >= 0.6 is 0 Å². The van der Waals surface area contributed by atoms with Crippen LogP contribution in [0.5, 0.6) is 0 Å². The number of allylic oxidation sites excluding steroid dienone is 1. The molecule has 3 aliphatic carbocycles. The van der Waals surface area contributed by atoms with E-state index < -0.39 is 74.3 Å². The van der Waals surface area contributed by atoms with Crippen molar-refractivity contribution in [3.8, 4) is 11.1 Å². The highest BCUT2D eigenvalue weighted by Gasteiger charge is 2.62. The Morgan fingerprint density at radius 2 is 1.60 bits per heavy atom. The number of carbonyl (C=O) groups is 4. The van der Waals surface area contributed by atoms with Crippen molar-refractivity contribution in [1.29, 1.82) is 0 Å². The number of ether oxygens (including phenoxy) is 1. The Morgan fingerprint density at radius 3 is 2.25 bits per heavy atom. The first kappa shape index (κ1) is 36.6. The monoisotopic (exact) mass is 745 g/mol. The molecule has 2 aliphatic heterocycles. The van der Waals surface area contributed by atoms with E-state index in [1.807, 2.05) is 60.7 Å². The molecule has 7 rings (SSSR count). The van der Waals surface area contributed by atoms with Gasteiger partial charge in [-0.05, 0) is 70.4 Å². The molecule has 1 saturated heterocycles. The summed E-state index contributed by atoms with van der Waals surface area (Å²) in [6.07, 6.45) is 6.81. The first-order chi connectivity index (χ1) is 25.3. The number of hydrogen-bond acceptors (Lipinski definition) is 9. The highest BCUT2D eigenvalue weighted by Crippen LogP contribution is 2.46. The molecule has 0 bridgehead atoms. The van der Waals surface area contributed by atoms with Crippen LogP contribution in [-0.4, -0.2) is 84.0 Å². The van der Waals surface area contributed by atoms with E-state index in [-0.39, 0.29) is 19.4 Å². The maximum absolute atomic E-state index is 14.4. The largest absolute Gasteiger partial charge is 0.444 e. The lowest BCUT2D eigenvalue weighted by molar-refractivity contribution is -0.141. The summed E-state index contributed by atoms with van der Waals surface area (Å²) in [5.41, 5.74) is 2.20. The van der Waals surface area contributed by atoms with Gasteiger partial charge < -0.3 is 25.1 Å². The third kappa shape index (κ3) is 7.83. The molecule has 2 saturated carbocycles. The van der Waals surface area contributed by atoms with Crippen LogP contribution in [0.15, 0.2) is 65.8 Å². The van der Waals surface area contributed by atoms with Crippen molar-refractivity contribution in [3.05, 3.63) is 71.8 Å². The first-order valence-corrected chi connectivity index (χ1v) is 20.1. The van der Waals surface area contributed by atoms with E-state index in [0.717, 1.165) is 35.1 Å². The number of amides is 4. The number of nitrogens with zero attached hydrogens (tertiary/aromatic N) is 2. The van der Waals surface area contributed by atoms with Gasteiger partial charge in [-0.1, -0.05) is 78.7 Å². The van der Waals surface area contributed by atoms with Crippen molar-refractivity contribution < 1.29 is 37.2 Å². The van der Waals surface area contributed by atoms with Gasteiger partial charge in [0.2, 0.25) is 21.8 Å². The molecule has 0 unspecified atom stereocenters. The minimum Gasteiger partial charge on any atom is -0.444 e. The van der Waals surface area contributed by atoms with Crippen LogP contribution in [-0.2, 0) is 34.0 Å². The molecular weight excluding hydrogens is 699 g/mol. The van der Waals surface area contributed by atoms with Crippen LogP contribution in [0.4, 0.5) is 4.79 Å². The van der Waals surface area contributed by atoms with E-state index in [0.29, 0.717) is 37.8 Å². The zero-order chi connectivity index (χ0) is 37.5. The average molecular weight is 746 g/mol. The van der Waals surface area contributed by atoms with Crippen molar-refractivity contribution in [3.63, 3.8) is 0 Å². The number of hydrogen-bond donors (Lipinski definition) is 3. The Kier molecular flexibility index (Phi) is 9.85. The zero-order valence-corrected chi connectivity index (χ0v) is 31.1. The Hall–Kier alpha value is -4.72. The van der Waals surface area contributed by atoms with Crippen LogP contribution < -0.4 is 15.4 Å². The van der Waals surface area contributed by atoms with Gasteiger partial charge in [-0.25, -0.2) is 13.2 Å². The number of carbonyl (C=O) groups excluding carboxylic acids is 4. The second-order valence-corrected chi connectivity index (χ2v) is 17.7. The van der Waals surface area contributed by atoms with Crippen molar-refractivity contribution in [2.45, 2.75) is 113 Å². The molecule has 3 N–H and O–H groups in total. The molecule has 0 aromatic heterocycles. The minimum absolute atomic E-state index is 0.0118. The molecular formula is C39H47N5O8S. The lowest BCUT2D eigenvalue weighted by Gasteiger charge is -2.30. The summed E-state index contributed by atoms with van der Waals surface area (Å²) in [6.45, 7) is 5.19. The molecule has 0 spiro atoms. The summed E-state index contributed by atoms with van der Waals surface area (Å²) in [4.78, 5) is 63.0. The van der Waals surface area contributed by atoms with Gasteiger partial charge >= 0.3 is 6.09 Å². The summed E-state index contributed by atoms with van der Waals surface area (Å²) in [6, 6.07) is 13.7.